The third-order valence-electron chi connectivity index (χ3n) is 26.0. The maximum absolute atomic E-state index is 13.3. The van der Waals surface area contributed by atoms with Crippen LogP contribution in [0.3, 0.4) is 0 Å². The summed E-state index contributed by atoms with van der Waals surface area (Å²) in [5.41, 5.74) is 30.1. The summed E-state index contributed by atoms with van der Waals surface area (Å²) in [7, 11) is 0. The molecule has 0 atom stereocenters. The standard InChI is InChI=1S/C30H38.C20H28F6.C20H34.C19H32.C18H30.C16H26.C10H14/c1-28(2,3)23-17-13-21(14-18-23)25-11-10-12-26(27(25)30(7,8)9)22-15-19-24(20-16-22)29(4,5)6;1-16(2,3)15-13(11-17(4,5)19(21,22)23)9-8-10-14(15)12-18(6,7)20(24,25)26;1-18(2,3)13-15-11-10-12-16(14-19(4,5)6)17(15)20(7,8)9;1-12(2)15-10-16(13(3)4)18(19(7,8)9)17(11-15)14(5)6;1-13(2)11-15-9-8-10-16(12-14(3)4)17(15)18(5,6)7;1-11(2)13-9-8-10-14(12(3)4)15(13)16(5,6)7;1-10(2,3)9-7-5-4-6-8-9/h10-20H,1-9H3;8-10H,11-12H2,1-7H3;10-12H,13-14H2,1-9H3;10-14H,1-9H3;8-10,13-14H,11-12H2,1-7H3;8-12H,1-7H3;4-8H,1-3H3. The van der Waals surface area contributed by atoms with E-state index >= 15 is 0 Å². The maximum Gasteiger partial charge on any atom is 0.394 e. The van der Waals surface area contributed by atoms with E-state index in [0.29, 0.717) is 62.5 Å². The van der Waals surface area contributed by atoms with Gasteiger partial charge in [-0.1, -0.05) is 535 Å². The summed E-state index contributed by atoms with van der Waals surface area (Å²) in [6.45, 7) is 111. The van der Waals surface area contributed by atoms with E-state index in [-0.39, 0.29) is 50.7 Å². The molecule has 0 amide bonds. The molecule has 0 radical (unpaired) electrons. The number of alkyl halides is 6. The van der Waals surface area contributed by atoms with E-state index in [1.807, 2.05) is 20.8 Å². The van der Waals surface area contributed by atoms with Crippen LogP contribution in [-0.4, -0.2) is 12.4 Å². The third kappa shape index (κ3) is 39.2. The van der Waals surface area contributed by atoms with Gasteiger partial charge in [0.15, 0.2) is 0 Å². The van der Waals surface area contributed by atoms with Gasteiger partial charge in [-0.15, -0.1) is 0 Å². The summed E-state index contributed by atoms with van der Waals surface area (Å²) in [6.07, 6.45) is -4.66. The van der Waals surface area contributed by atoms with Crippen molar-refractivity contribution >= 4 is 0 Å². The predicted octanol–water partition coefficient (Wildman–Crippen LogP) is 42.3. The Labute approximate surface area is 852 Å². The molecule has 0 unspecified atom stereocenters. The fraction of sp³-hybridized carbons (Fsp3) is 0.594. The Morgan fingerprint density at radius 1 is 0.201 bits per heavy atom. The summed E-state index contributed by atoms with van der Waals surface area (Å²) in [6, 6.07) is 65.8. The van der Waals surface area contributed by atoms with Crippen LogP contribution in [0.15, 0.2) is 182 Å². The first kappa shape index (κ1) is 126. The Bertz CT molecular complexity index is 4980. The number of rotatable bonds is 17. The quantitative estimate of drug-likeness (QED) is 0.0797. The number of hydrogen-bond donors (Lipinski definition) is 0. The first-order valence-electron chi connectivity index (χ1n) is 52.7. The summed E-state index contributed by atoms with van der Waals surface area (Å²) in [5, 5.41) is 0. The second-order valence-electron chi connectivity index (χ2n) is 55.8. The molecule has 0 heterocycles. The molecular weight excluding hydrogens is 1710 g/mol. The molecule has 0 bridgehead atoms. The van der Waals surface area contributed by atoms with Crippen molar-refractivity contribution in [2.75, 3.05) is 0 Å². The second-order valence-corrected chi connectivity index (χ2v) is 55.8. The second kappa shape index (κ2) is 49.0. The van der Waals surface area contributed by atoms with E-state index in [1.165, 1.54) is 85.2 Å². The van der Waals surface area contributed by atoms with Gasteiger partial charge < -0.3 is 0 Å². The highest BCUT2D eigenvalue weighted by Crippen LogP contribution is 2.49. The highest BCUT2D eigenvalue weighted by atomic mass is 19.4. The Morgan fingerprint density at radius 2 is 0.432 bits per heavy atom. The third-order valence-corrected chi connectivity index (χ3v) is 26.0. The SMILES string of the molecule is CC(C)(C)Cc1cccc(CC(C)(C)C)c1C(C)(C)C.CC(C)(C)c1c(CC(C)(C)C(F)(F)F)cccc1CC(C)(C)C(F)(F)F.CC(C)(C)c1ccc(-c2cccc(-c3ccc(C(C)(C)C)cc3)c2C(C)(C)C)cc1.CC(C)(C)c1ccccc1.CC(C)Cc1cccc(CC(C)C)c1C(C)(C)C.CC(C)c1cc(C(C)C)c(C(C)(C)C)c(C(C)C)c1.CC(C)c1cccc(C(C)C)c1C(C)(C)C. The highest BCUT2D eigenvalue weighted by molar-refractivity contribution is 5.80. The molecule has 0 aliphatic heterocycles. The van der Waals surface area contributed by atoms with Gasteiger partial charge in [0.2, 0.25) is 0 Å². The predicted molar refractivity (Wildman–Crippen MR) is 605 cm³/mol. The minimum Gasteiger partial charge on any atom is -0.171 e. The Balaban J connectivity index is 0.000000425. The largest absolute Gasteiger partial charge is 0.394 e. The Hall–Kier alpha value is -7.44. The summed E-state index contributed by atoms with van der Waals surface area (Å²) >= 11 is 0. The lowest BCUT2D eigenvalue weighted by molar-refractivity contribution is -0.211. The zero-order valence-corrected chi connectivity index (χ0v) is 98.4. The summed E-state index contributed by atoms with van der Waals surface area (Å²) < 4.78 is 80.0. The topological polar surface area (TPSA) is 0 Å². The summed E-state index contributed by atoms with van der Waals surface area (Å²) in [5.74, 6) is 4.43. The van der Waals surface area contributed by atoms with Gasteiger partial charge in [-0.3, -0.25) is 0 Å². The van der Waals surface area contributed by atoms with Gasteiger partial charge in [-0.05, 0) is 273 Å². The number of benzene rings is 9. The molecule has 0 fully saturated rings. The molecular formula is C133H202F6. The van der Waals surface area contributed by atoms with E-state index in [2.05, 4.69) is 468 Å². The molecule has 0 aliphatic carbocycles. The van der Waals surface area contributed by atoms with E-state index in [4.69, 9.17) is 0 Å². The van der Waals surface area contributed by atoms with Crippen LogP contribution in [0, 0.1) is 33.5 Å². The molecule has 0 N–H and O–H groups in total. The van der Waals surface area contributed by atoms with Gasteiger partial charge in [0.25, 0.3) is 0 Å². The number of hydrogen-bond acceptors (Lipinski definition) is 0. The Morgan fingerprint density at radius 3 is 0.655 bits per heavy atom. The van der Waals surface area contributed by atoms with Crippen LogP contribution >= 0.6 is 0 Å². The van der Waals surface area contributed by atoms with Gasteiger partial charge >= 0.3 is 12.4 Å². The van der Waals surface area contributed by atoms with Gasteiger partial charge in [-0.2, -0.15) is 26.3 Å². The molecule has 6 heteroatoms. The van der Waals surface area contributed by atoms with Crippen molar-refractivity contribution in [1.82, 2.24) is 0 Å². The van der Waals surface area contributed by atoms with Crippen LogP contribution in [0.25, 0.3) is 22.3 Å². The normalized spacial score (nSPS) is 13.1. The van der Waals surface area contributed by atoms with Crippen molar-refractivity contribution in [3.05, 3.63) is 293 Å². The molecule has 0 spiro atoms. The molecule has 139 heavy (non-hydrogen) atoms. The van der Waals surface area contributed by atoms with Crippen LogP contribution in [0.4, 0.5) is 26.3 Å². The van der Waals surface area contributed by atoms with Crippen LogP contribution in [0.2, 0.25) is 0 Å². The molecule has 0 aromatic heterocycles. The monoisotopic (exact) mass is 1910 g/mol. The van der Waals surface area contributed by atoms with Crippen LogP contribution < -0.4 is 0 Å². The Kier molecular flexibility index (Phi) is 44.3. The smallest absolute Gasteiger partial charge is 0.171 e. The molecule has 776 valence electrons. The fourth-order valence-corrected chi connectivity index (χ4v) is 19.3. The maximum atomic E-state index is 13.3. The van der Waals surface area contributed by atoms with E-state index in [9.17, 15) is 26.3 Å². The molecule has 9 aromatic rings. The average Bonchev–Trinajstić information content (AvgIpc) is 0.765. The van der Waals surface area contributed by atoms with Crippen molar-refractivity contribution in [2.45, 2.75) is 482 Å². The minimum atomic E-state index is -4.40. The lowest BCUT2D eigenvalue weighted by Crippen LogP contribution is -2.36. The zero-order chi connectivity index (χ0) is 108. The van der Waals surface area contributed by atoms with Gasteiger partial charge in [-0.25, -0.2) is 0 Å². The van der Waals surface area contributed by atoms with E-state index < -0.39 is 28.6 Å². The van der Waals surface area contributed by atoms with Crippen LogP contribution in [0.5, 0.6) is 0 Å². The molecule has 9 aromatic carbocycles. The molecule has 9 rings (SSSR count). The zero-order valence-electron chi connectivity index (χ0n) is 98.4. The van der Waals surface area contributed by atoms with Crippen molar-refractivity contribution in [3.8, 4) is 22.3 Å². The van der Waals surface area contributed by atoms with E-state index in [1.54, 1.807) is 62.7 Å². The minimum absolute atomic E-state index is 0.0390. The van der Waals surface area contributed by atoms with Crippen LogP contribution in [0.1, 0.15) is 494 Å². The van der Waals surface area contributed by atoms with Crippen molar-refractivity contribution in [2.24, 2.45) is 33.5 Å². The molecule has 0 aliphatic rings. The van der Waals surface area contributed by atoms with Gasteiger partial charge in [0, 0.05) is 0 Å². The van der Waals surface area contributed by atoms with E-state index in [0.717, 1.165) is 52.4 Å². The van der Waals surface area contributed by atoms with Crippen LogP contribution in [-0.2, 0) is 87.3 Å². The van der Waals surface area contributed by atoms with Gasteiger partial charge in [0.1, 0.15) is 0 Å². The first-order valence-corrected chi connectivity index (χ1v) is 52.7. The van der Waals surface area contributed by atoms with Crippen molar-refractivity contribution in [3.63, 3.8) is 0 Å². The van der Waals surface area contributed by atoms with Gasteiger partial charge in [0.05, 0.1) is 10.8 Å². The molecule has 0 saturated carbocycles. The number of halogens is 6. The molecule has 0 nitrogen and oxygen atoms in total. The molecule has 0 saturated heterocycles. The van der Waals surface area contributed by atoms with Crippen molar-refractivity contribution in [1.29, 1.82) is 0 Å². The fourth-order valence-electron chi connectivity index (χ4n) is 19.3. The highest BCUT2D eigenvalue weighted by Gasteiger charge is 2.50. The summed E-state index contributed by atoms with van der Waals surface area (Å²) in [4.78, 5) is 0. The first-order chi connectivity index (χ1) is 62.5. The van der Waals surface area contributed by atoms with Crippen molar-refractivity contribution < 1.29 is 26.3 Å². The lowest BCUT2D eigenvalue weighted by Gasteiger charge is -2.35. The lowest BCUT2D eigenvalue weighted by atomic mass is 9.72. The average molecular weight is 1920 g/mol.